The quantitative estimate of drug-likeness (QED) is 0.530. The molecule has 0 aromatic rings. The van der Waals surface area contributed by atoms with Gasteiger partial charge in [-0.1, -0.05) is 23.2 Å². The molecule has 0 aliphatic rings. The van der Waals surface area contributed by atoms with E-state index < -0.39 is 0 Å². The van der Waals surface area contributed by atoms with Crippen LogP contribution in [0.2, 0.25) is 0 Å². The molecule has 8 heavy (non-hydrogen) atoms. The first-order valence-corrected chi connectivity index (χ1v) is 3.60. The van der Waals surface area contributed by atoms with Gasteiger partial charge in [-0.25, -0.2) is 0 Å². The van der Waals surface area contributed by atoms with Crippen molar-refractivity contribution in [3.8, 4) is 0 Å². The van der Waals surface area contributed by atoms with Crippen molar-refractivity contribution in [1.82, 2.24) is 4.67 Å². The summed E-state index contributed by atoms with van der Waals surface area (Å²) in [4.78, 5) is 0. The van der Waals surface area contributed by atoms with Gasteiger partial charge in [-0.05, 0) is 19.4 Å². The summed E-state index contributed by atoms with van der Waals surface area (Å²) in [6, 6.07) is 0. The Bertz CT molecular complexity index is 44.5. The summed E-state index contributed by atoms with van der Waals surface area (Å²) in [6.45, 7) is 5.67. The minimum atomic E-state index is 0.831. The fraction of sp³-hybridized carbons (Fsp3) is 1.00. The van der Waals surface area contributed by atoms with Crippen LogP contribution in [0.4, 0.5) is 0 Å². The second kappa shape index (κ2) is 4.29. The van der Waals surface area contributed by atoms with E-state index >= 15 is 0 Å². The van der Waals surface area contributed by atoms with Crippen LogP contribution in [0.15, 0.2) is 0 Å². The molecule has 0 aromatic carbocycles. The Balaban J connectivity index is 2.93. The molecule has 0 fully saturated rings. The highest BCUT2D eigenvalue weighted by Crippen LogP contribution is 2.02. The molecule has 0 rings (SSSR count). The van der Waals surface area contributed by atoms with Crippen molar-refractivity contribution in [1.29, 1.82) is 0 Å². The van der Waals surface area contributed by atoms with Crippen LogP contribution < -0.4 is 0 Å². The molecular formula is C6H16NP. The first kappa shape index (κ1) is 8.39. The lowest BCUT2D eigenvalue weighted by Gasteiger charge is -2.09. The Morgan fingerprint density at radius 2 is 2.00 bits per heavy atom. The van der Waals surface area contributed by atoms with Crippen LogP contribution in [0.3, 0.4) is 0 Å². The predicted molar refractivity (Wildman–Crippen MR) is 41.8 cm³/mol. The standard InChI is InChI=1S/C6H16NP/c1-6(2)4-5-7(3)8/h6H,4-5,8H2,1-3H3. The molecule has 1 atom stereocenters. The molecule has 50 valence electrons. The molecule has 0 amide bonds. The number of nitrogens with zero attached hydrogens (tertiary/aromatic N) is 1. The number of hydrogen-bond acceptors (Lipinski definition) is 1. The molecule has 0 aromatic heterocycles. The fourth-order valence-electron chi connectivity index (χ4n) is 0.462. The van der Waals surface area contributed by atoms with Crippen LogP contribution in [0.5, 0.6) is 0 Å². The molecule has 0 spiro atoms. The third kappa shape index (κ3) is 6.39. The first-order chi connectivity index (χ1) is 3.63. The van der Waals surface area contributed by atoms with E-state index in [0.717, 1.165) is 5.92 Å². The topological polar surface area (TPSA) is 3.24 Å². The molecule has 2 heteroatoms. The summed E-state index contributed by atoms with van der Waals surface area (Å²) in [5.74, 6) is 0.831. The minimum absolute atomic E-state index is 0.831. The summed E-state index contributed by atoms with van der Waals surface area (Å²) < 4.78 is 2.14. The van der Waals surface area contributed by atoms with Gasteiger partial charge in [0.05, 0.1) is 0 Å². The lowest BCUT2D eigenvalue weighted by atomic mass is 10.1. The lowest BCUT2D eigenvalue weighted by molar-refractivity contribution is 0.472. The first-order valence-electron chi connectivity index (χ1n) is 3.08. The molecule has 0 bridgehead atoms. The molecule has 0 aliphatic carbocycles. The highest BCUT2D eigenvalue weighted by Gasteiger charge is 1.93. The molecular weight excluding hydrogens is 117 g/mol. The van der Waals surface area contributed by atoms with Gasteiger partial charge in [-0.15, -0.1) is 0 Å². The van der Waals surface area contributed by atoms with E-state index in [4.69, 9.17) is 0 Å². The smallest absolute Gasteiger partial charge is 0.00155 e. The molecule has 0 heterocycles. The highest BCUT2D eigenvalue weighted by molar-refractivity contribution is 7.13. The van der Waals surface area contributed by atoms with Gasteiger partial charge in [0, 0.05) is 6.54 Å². The molecule has 0 radical (unpaired) electrons. The van der Waals surface area contributed by atoms with E-state index in [2.05, 4.69) is 35.0 Å². The molecule has 0 saturated carbocycles. The maximum Gasteiger partial charge on any atom is 0.00155 e. The van der Waals surface area contributed by atoms with Crippen molar-refractivity contribution in [3.63, 3.8) is 0 Å². The zero-order chi connectivity index (χ0) is 6.57. The maximum atomic E-state index is 2.66. The van der Waals surface area contributed by atoms with Crippen LogP contribution in [0.25, 0.3) is 0 Å². The van der Waals surface area contributed by atoms with E-state index in [9.17, 15) is 0 Å². The van der Waals surface area contributed by atoms with Gasteiger partial charge in [0.15, 0.2) is 0 Å². The van der Waals surface area contributed by atoms with Crippen molar-refractivity contribution in [2.24, 2.45) is 5.92 Å². The van der Waals surface area contributed by atoms with E-state index in [-0.39, 0.29) is 0 Å². The van der Waals surface area contributed by atoms with Crippen molar-refractivity contribution in [2.75, 3.05) is 13.6 Å². The van der Waals surface area contributed by atoms with Gasteiger partial charge in [0.1, 0.15) is 0 Å². The second-order valence-electron chi connectivity index (χ2n) is 2.66. The van der Waals surface area contributed by atoms with Crippen molar-refractivity contribution in [2.45, 2.75) is 20.3 Å². The predicted octanol–water partition coefficient (Wildman–Crippen LogP) is 1.75. The Morgan fingerprint density at radius 1 is 1.50 bits per heavy atom. The third-order valence-electron chi connectivity index (χ3n) is 1.06. The fourth-order valence-corrected chi connectivity index (χ4v) is 0.611. The summed E-state index contributed by atoms with van der Waals surface area (Å²) in [6.07, 6.45) is 1.29. The molecule has 1 unspecified atom stereocenters. The van der Waals surface area contributed by atoms with Gasteiger partial charge in [-0.2, -0.15) is 0 Å². The Morgan fingerprint density at radius 3 is 2.12 bits per heavy atom. The summed E-state index contributed by atoms with van der Waals surface area (Å²) in [5, 5.41) is 0. The van der Waals surface area contributed by atoms with Gasteiger partial charge >= 0.3 is 0 Å². The van der Waals surface area contributed by atoms with E-state index in [0.29, 0.717) is 0 Å². The zero-order valence-corrected chi connectivity index (χ0v) is 7.17. The van der Waals surface area contributed by atoms with Crippen molar-refractivity contribution >= 4 is 9.39 Å². The van der Waals surface area contributed by atoms with Crippen LogP contribution >= 0.6 is 9.39 Å². The molecule has 1 nitrogen and oxygen atoms in total. The minimum Gasteiger partial charge on any atom is -0.290 e. The van der Waals surface area contributed by atoms with Gasteiger partial charge < -0.3 is 0 Å². The summed E-state index contributed by atoms with van der Waals surface area (Å²) in [5.41, 5.74) is 0. The van der Waals surface area contributed by atoms with Crippen molar-refractivity contribution in [3.05, 3.63) is 0 Å². The zero-order valence-electron chi connectivity index (χ0n) is 6.02. The monoisotopic (exact) mass is 133 g/mol. The lowest BCUT2D eigenvalue weighted by Crippen LogP contribution is -2.07. The average Bonchev–Trinajstić information content (AvgIpc) is 1.61. The van der Waals surface area contributed by atoms with Crippen molar-refractivity contribution < 1.29 is 0 Å². The number of rotatable bonds is 3. The molecule has 0 saturated heterocycles. The third-order valence-corrected chi connectivity index (χ3v) is 1.32. The van der Waals surface area contributed by atoms with Crippen LogP contribution in [0, 0.1) is 5.92 Å². The van der Waals surface area contributed by atoms with Crippen LogP contribution in [0.1, 0.15) is 20.3 Å². The maximum absolute atomic E-state index is 2.66. The Labute approximate surface area is 54.7 Å². The van der Waals surface area contributed by atoms with E-state index in [1.54, 1.807) is 0 Å². The summed E-state index contributed by atoms with van der Waals surface area (Å²) >= 11 is 0. The van der Waals surface area contributed by atoms with Crippen LogP contribution in [-0.4, -0.2) is 18.3 Å². The van der Waals surface area contributed by atoms with Gasteiger partial charge in [-0.3, -0.25) is 4.67 Å². The van der Waals surface area contributed by atoms with Gasteiger partial charge in [0.25, 0.3) is 0 Å². The second-order valence-corrected chi connectivity index (χ2v) is 3.54. The summed E-state index contributed by atoms with van der Waals surface area (Å²) in [7, 11) is 4.73. The SMILES string of the molecule is CC(C)CCN(C)P. The highest BCUT2D eigenvalue weighted by atomic mass is 31.0. The van der Waals surface area contributed by atoms with Gasteiger partial charge in [0.2, 0.25) is 0 Å². The van der Waals surface area contributed by atoms with Crippen LogP contribution in [-0.2, 0) is 0 Å². The molecule has 0 aliphatic heterocycles. The van der Waals surface area contributed by atoms with E-state index in [1.165, 1.54) is 13.0 Å². The Kier molecular flexibility index (Phi) is 4.50. The average molecular weight is 133 g/mol. The normalized spacial score (nSPS) is 11.2. The Hall–Kier alpha value is 0.390. The largest absolute Gasteiger partial charge is 0.290 e. The molecule has 0 N–H and O–H groups in total. The van der Waals surface area contributed by atoms with E-state index in [1.807, 2.05) is 0 Å². The number of hydrogen-bond donors (Lipinski definition) is 0.